The zero-order valence-corrected chi connectivity index (χ0v) is 11.0. The maximum Gasteiger partial charge on any atom is 0.151 e. The third-order valence-electron chi connectivity index (χ3n) is 3.70. The molecule has 19 heavy (non-hydrogen) atoms. The Kier molecular flexibility index (Phi) is 5.05. The average Bonchev–Trinajstić information content (AvgIpc) is 2.30. The summed E-state index contributed by atoms with van der Waals surface area (Å²) in [5, 5.41) is 9.04. The lowest BCUT2D eigenvalue weighted by Gasteiger charge is -2.36. The Labute approximate surface area is 113 Å². The predicted molar refractivity (Wildman–Crippen MR) is 71.4 cm³/mol. The molecule has 1 fully saturated rings. The monoisotopic (exact) mass is 265 g/mol. The molecule has 2 rings (SSSR count). The molecule has 1 saturated carbocycles. The van der Waals surface area contributed by atoms with Crippen molar-refractivity contribution in [3.8, 4) is 0 Å². The van der Waals surface area contributed by atoms with Crippen molar-refractivity contribution in [2.75, 3.05) is 19.7 Å². The zero-order chi connectivity index (χ0) is 13.7. The van der Waals surface area contributed by atoms with E-state index in [0.717, 1.165) is 12.8 Å². The van der Waals surface area contributed by atoms with Gasteiger partial charge in [0, 0.05) is 19.0 Å². The largest absolute Gasteiger partial charge is 0.395 e. The number of nitrogens with zero attached hydrogens (tertiary/aromatic N) is 1. The summed E-state index contributed by atoms with van der Waals surface area (Å²) in [4.78, 5) is 14.0. The molecule has 0 aliphatic heterocycles. The van der Waals surface area contributed by atoms with E-state index in [1.165, 1.54) is 12.5 Å². The topological polar surface area (TPSA) is 40.5 Å². The number of hydrogen-bond donors (Lipinski definition) is 1. The second-order valence-corrected chi connectivity index (χ2v) is 5.09. The van der Waals surface area contributed by atoms with Crippen LogP contribution in [0.5, 0.6) is 0 Å². The molecule has 0 spiro atoms. The van der Waals surface area contributed by atoms with E-state index in [1.54, 1.807) is 18.2 Å². The highest BCUT2D eigenvalue weighted by molar-refractivity contribution is 5.82. The van der Waals surface area contributed by atoms with Crippen LogP contribution in [-0.4, -0.2) is 41.5 Å². The quantitative estimate of drug-likeness (QED) is 0.817. The van der Waals surface area contributed by atoms with E-state index in [-0.39, 0.29) is 24.6 Å². The Morgan fingerprint density at radius 1 is 1.37 bits per heavy atom. The van der Waals surface area contributed by atoms with Gasteiger partial charge in [-0.2, -0.15) is 0 Å². The highest BCUT2D eigenvalue weighted by Crippen LogP contribution is 2.24. The highest BCUT2D eigenvalue weighted by atomic mass is 19.1. The SMILES string of the molecule is O=C(Cc1ccccc1F)CN(CCO)C1CCC1. The molecular formula is C15H20FNO2. The number of aliphatic hydroxyl groups excluding tert-OH is 1. The fourth-order valence-corrected chi connectivity index (χ4v) is 2.41. The summed E-state index contributed by atoms with van der Waals surface area (Å²) >= 11 is 0. The first-order chi connectivity index (χ1) is 9.20. The normalized spacial score (nSPS) is 15.5. The van der Waals surface area contributed by atoms with Gasteiger partial charge in [-0.25, -0.2) is 4.39 Å². The first-order valence-corrected chi connectivity index (χ1v) is 6.80. The van der Waals surface area contributed by atoms with Crippen molar-refractivity contribution in [3.63, 3.8) is 0 Å². The van der Waals surface area contributed by atoms with E-state index in [2.05, 4.69) is 0 Å². The molecule has 0 aromatic heterocycles. The number of aliphatic hydroxyl groups is 1. The number of rotatable bonds is 7. The van der Waals surface area contributed by atoms with E-state index in [0.29, 0.717) is 24.7 Å². The lowest BCUT2D eigenvalue weighted by Crippen LogP contribution is -2.44. The second kappa shape index (κ2) is 6.78. The van der Waals surface area contributed by atoms with Crippen molar-refractivity contribution in [2.24, 2.45) is 0 Å². The standard InChI is InChI=1S/C15H20FNO2/c16-15-7-2-1-4-12(15)10-14(19)11-17(8-9-18)13-5-3-6-13/h1-2,4,7,13,18H,3,5-6,8-11H2. The fourth-order valence-electron chi connectivity index (χ4n) is 2.41. The Balaban J connectivity index is 1.90. The van der Waals surface area contributed by atoms with Crippen LogP contribution in [0.25, 0.3) is 0 Å². The van der Waals surface area contributed by atoms with Gasteiger partial charge in [0.25, 0.3) is 0 Å². The van der Waals surface area contributed by atoms with Gasteiger partial charge in [0.2, 0.25) is 0 Å². The summed E-state index contributed by atoms with van der Waals surface area (Å²) in [5.41, 5.74) is 0.449. The summed E-state index contributed by atoms with van der Waals surface area (Å²) in [7, 11) is 0. The van der Waals surface area contributed by atoms with Crippen LogP contribution in [0.1, 0.15) is 24.8 Å². The van der Waals surface area contributed by atoms with Gasteiger partial charge in [0.1, 0.15) is 5.82 Å². The minimum atomic E-state index is -0.326. The molecule has 1 aliphatic carbocycles. The number of carbonyl (C=O) groups is 1. The van der Waals surface area contributed by atoms with Gasteiger partial charge < -0.3 is 5.11 Å². The molecule has 0 saturated heterocycles. The van der Waals surface area contributed by atoms with Crippen LogP contribution in [0, 0.1) is 5.82 Å². The van der Waals surface area contributed by atoms with Crippen LogP contribution in [0.15, 0.2) is 24.3 Å². The first-order valence-electron chi connectivity index (χ1n) is 6.80. The Morgan fingerprint density at radius 3 is 2.68 bits per heavy atom. The van der Waals surface area contributed by atoms with E-state index < -0.39 is 0 Å². The maximum atomic E-state index is 13.5. The molecule has 0 atom stereocenters. The summed E-state index contributed by atoms with van der Waals surface area (Å²) in [6.07, 6.45) is 3.50. The van der Waals surface area contributed by atoms with Crippen LogP contribution in [-0.2, 0) is 11.2 Å². The third kappa shape index (κ3) is 3.85. The van der Waals surface area contributed by atoms with Gasteiger partial charge in [-0.15, -0.1) is 0 Å². The van der Waals surface area contributed by atoms with E-state index >= 15 is 0 Å². The molecule has 1 aromatic rings. The molecule has 1 N–H and O–H groups in total. The van der Waals surface area contributed by atoms with Crippen molar-refractivity contribution >= 4 is 5.78 Å². The maximum absolute atomic E-state index is 13.5. The van der Waals surface area contributed by atoms with E-state index in [1.807, 2.05) is 4.90 Å². The molecule has 4 heteroatoms. The summed E-state index contributed by atoms with van der Waals surface area (Å²) < 4.78 is 13.5. The van der Waals surface area contributed by atoms with Gasteiger partial charge in [-0.3, -0.25) is 9.69 Å². The molecule has 104 valence electrons. The lowest BCUT2D eigenvalue weighted by atomic mass is 9.91. The molecule has 0 amide bonds. The van der Waals surface area contributed by atoms with Crippen molar-refractivity contribution in [3.05, 3.63) is 35.6 Å². The Hall–Kier alpha value is -1.26. The first kappa shape index (κ1) is 14.2. The fraction of sp³-hybridized carbons (Fsp3) is 0.533. The Morgan fingerprint density at radius 2 is 2.11 bits per heavy atom. The number of benzene rings is 1. The minimum absolute atomic E-state index is 0.00505. The number of halogens is 1. The van der Waals surface area contributed by atoms with Crippen molar-refractivity contribution in [2.45, 2.75) is 31.7 Å². The van der Waals surface area contributed by atoms with E-state index in [9.17, 15) is 9.18 Å². The summed E-state index contributed by atoms with van der Waals surface area (Å²) in [6.45, 7) is 0.886. The number of carbonyl (C=O) groups excluding carboxylic acids is 1. The van der Waals surface area contributed by atoms with Crippen LogP contribution in [0.4, 0.5) is 4.39 Å². The van der Waals surface area contributed by atoms with Gasteiger partial charge >= 0.3 is 0 Å². The predicted octanol–water partition coefficient (Wildman–Crippen LogP) is 1.78. The van der Waals surface area contributed by atoms with Crippen LogP contribution < -0.4 is 0 Å². The van der Waals surface area contributed by atoms with Crippen LogP contribution in [0.3, 0.4) is 0 Å². The van der Waals surface area contributed by atoms with Crippen molar-refractivity contribution < 1.29 is 14.3 Å². The van der Waals surface area contributed by atoms with E-state index in [4.69, 9.17) is 5.11 Å². The summed E-state index contributed by atoms with van der Waals surface area (Å²) in [5.74, 6) is -0.321. The summed E-state index contributed by atoms with van der Waals surface area (Å²) in [6, 6.07) is 6.79. The minimum Gasteiger partial charge on any atom is -0.395 e. The molecule has 1 aromatic carbocycles. The number of Topliss-reactive ketones (excluding diaryl/α,β-unsaturated/α-hetero) is 1. The third-order valence-corrected chi connectivity index (χ3v) is 3.70. The zero-order valence-electron chi connectivity index (χ0n) is 11.0. The molecule has 0 unspecified atom stereocenters. The smallest absolute Gasteiger partial charge is 0.151 e. The van der Waals surface area contributed by atoms with Gasteiger partial charge in [-0.1, -0.05) is 24.6 Å². The highest BCUT2D eigenvalue weighted by Gasteiger charge is 2.26. The second-order valence-electron chi connectivity index (χ2n) is 5.09. The average molecular weight is 265 g/mol. The molecule has 0 heterocycles. The van der Waals surface area contributed by atoms with Gasteiger partial charge in [0.15, 0.2) is 5.78 Å². The van der Waals surface area contributed by atoms with Crippen molar-refractivity contribution in [1.82, 2.24) is 4.90 Å². The molecule has 0 bridgehead atoms. The molecular weight excluding hydrogens is 245 g/mol. The van der Waals surface area contributed by atoms with Gasteiger partial charge in [0.05, 0.1) is 13.2 Å². The Bertz CT molecular complexity index is 432. The molecule has 0 radical (unpaired) electrons. The number of hydrogen-bond acceptors (Lipinski definition) is 3. The molecule has 3 nitrogen and oxygen atoms in total. The molecule has 1 aliphatic rings. The number of ketones is 1. The lowest BCUT2D eigenvalue weighted by molar-refractivity contribution is -0.120. The van der Waals surface area contributed by atoms with Crippen LogP contribution in [0.2, 0.25) is 0 Å². The van der Waals surface area contributed by atoms with Gasteiger partial charge in [-0.05, 0) is 24.5 Å². The van der Waals surface area contributed by atoms with Crippen LogP contribution >= 0.6 is 0 Å². The van der Waals surface area contributed by atoms with Crippen molar-refractivity contribution in [1.29, 1.82) is 0 Å².